The summed E-state index contributed by atoms with van der Waals surface area (Å²) in [6, 6.07) is 20.5. The fraction of sp³-hybridized carbons (Fsp3) is 0.0870. The Morgan fingerprint density at radius 2 is 1.63 bits per heavy atom. The highest BCUT2D eigenvalue weighted by molar-refractivity contribution is 5.89. The number of hydrogen-bond donors (Lipinski definition) is 1. The van der Waals surface area contributed by atoms with Crippen LogP contribution in [0.5, 0.6) is 5.75 Å². The summed E-state index contributed by atoms with van der Waals surface area (Å²) in [6.07, 6.45) is 1.61. The first-order chi connectivity index (χ1) is 14.6. The van der Waals surface area contributed by atoms with E-state index >= 15 is 0 Å². The number of hydrazone groups is 1. The predicted octanol–water partition coefficient (Wildman–Crippen LogP) is 2.86. The maximum Gasteiger partial charge on any atom is 0.337 e. The summed E-state index contributed by atoms with van der Waals surface area (Å²) in [7, 11) is 1.34. The molecule has 30 heavy (non-hydrogen) atoms. The molecule has 0 radical (unpaired) electrons. The number of nitrogens with one attached hydrogen (secondary N) is 1. The lowest BCUT2D eigenvalue weighted by Gasteiger charge is -2.09. The van der Waals surface area contributed by atoms with Crippen molar-refractivity contribution in [2.75, 3.05) is 12.5 Å². The molecule has 0 aromatic heterocycles. The van der Waals surface area contributed by atoms with Crippen LogP contribution in [0, 0.1) is 0 Å². The van der Waals surface area contributed by atoms with E-state index in [1.807, 2.05) is 24.3 Å². The number of carboxylic acids is 1. The van der Waals surface area contributed by atoms with Gasteiger partial charge in [0, 0.05) is 5.56 Å². The number of anilines is 1. The van der Waals surface area contributed by atoms with Crippen molar-refractivity contribution in [3.05, 3.63) is 95.1 Å². The average molecular weight is 403 g/mol. The van der Waals surface area contributed by atoms with Gasteiger partial charge in [-0.1, -0.05) is 36.4 Å². The number of carbonyl (C=O) groups is 2. The van der Waals surface area contributed by atoms with E-state index in [9.17, 15) is 14.7 Å². The minimum Gasteiger partial charge on any atom is -0.545 e. The Balaban J connectivity index is 1.62. The fourth-order valence-corrected chi connectivity index (χ4v) is 2.59. The Bertz CT molecular complexity index is 1040. The zero-order chi connectivity index (χ0) is 21.3. The second-order valence-electron chi connectivity index (χ2n) is 6.25. The molecule has 0 bridgehead atoms. The van der Waals surface area contributed by atoms with Gasteiger partial charge in [-0.15, -0.1) is 0 Å². The summed E-state index contributed by atoms with van der Waals surface area (Å²) in [4.78, 5) is 22.3. The second kappa shape index (κ2) is 9.88. The molecule has 0 heterocycles. The summed E-state index contributed by atoms with van der Waals surface area (Å²) < 4.78 is 10.6. The highest BCUT2D eigenvalue weighted by atomic mass is 16.5. The van der Waals surface area contributed by atoms with E-state index in [4.69, 9.17) is 4.74 Å². The molecule has 0 saturated heterocycles. The van der Waals surface area contributed by atoms with E-state index in [1.54, 1.807) is 42.6 Å². The molecule has 152 valence electrons. The maximum atomic E-state index is 11.5. The molecule has 3 aromatic carbocycles. The third-order valence-electron chi connectivity index (χ3n) is 4.21. The summed E-state index contributed by atoms with van der Waals surface area (Å²) in [5, 5.41) is 15.0. The SMILES string of the molecule is COC(=O)c1ccc(COc2ccccc2/C=N\Nc2ccc(C(=O)[O-])cc2)cc1. The van der Waals surface area contributed by atoms with Crippen LogP contribution in [0.3, 0.4) is 0 Å². The van der Waals surface area contributed by atoms with E-state index in [2.05, 4.69) is 15.3 Å². The number of methoxy groups -OCH3 is 1. The van der Waals surface area contributed by atoms with Gasteiger partial charge >= 0.3 is 5.97 Å². The largest absolute Gasteiger partial charge is 0.545 e. The summed E-state index contributed by atoms with van der Waals surface area (Å²) in [6.45, 7) is 0.324. The lowest BCUT2D eigenvalue weighted by atomic mass is 10.1. The van der Waals surface area contributed by atoms with E-state index < -0.39 is 5.97 Å². The third kappa shape index (κ3) is 5.45. The molecule has 3 rings (SSSR count). The van der Waals surface area contributed by atoms with Crippen molar-refractivity contribution < 1.29 is 24.2 Å². The van der Waals surface area contributed by atoms with Crippen molar-refractivity contribution >= 4 is 23.8 Å². The monoisotopic (exact) mass is 403 g/mol. The number of hydrogen-bond acceptors (Lipinski definition) is 7. The van der Waals surface area contributed by atoms with E-state index in [0.29, 0.717) is 23.6 Å². The van der Waals surface area contributed by atoms with Crippen molar-refractivity contribution in [1.29, 1.82) is 0 Å². The molecular formula is C23H19N2O5-. The lowest BCUT2D eigenvalue weighted by molar-refractivity contribution is -0.255. The third-order valence-corrected chi connectivity index (χ3v) is 4.21. The van der Waals surface area contributed by atoms with Crippen LogP contribution in [0.1, 0.15) is 31.8 Å². The minimum atomic E-state index is -1.23. The van der Waals surface area contributed by atoms with Crippen LogP contribution in [0.25, 0.3) is 0 Å². The van der Waals surface area contributed by atoms with Gasteiger partial charge in [0.05, 0.1) is 30.5 Å². The van der Waals surface area contributed by atoms with Crippen molar-refractivity contribution in [3.63, 3.8) is 0 Å². The fourth-order valence-electron chi connectivity index (χ4n) is 2.59. The van der Waals surface area contributed by atoms with Gasteiger partial charge in [0.1, 0.15) is 12.4 Å². The van der Waals surface area contributed by atoms with E-state index in [0.717, 1.165) is 11.1 Å². The first-order valence-electron chi connectivity index (χ1n) is 9.06. The topological polar surface area (TPSA) is 100 Å². The molecule has 0 fully saturated rings. The Morgan fingerprint density at radius 1 is 0.967 bits per heavy atom. The molecule has 7 nitrogen and oxygen atoms in total. The average Bonchev–Trinajstić information content (AvgIpc) is 2.78. The Hall–Kier alpha value is -4.13. The quantitative estimate of drug-likeness (QED) is 0.353. The number of carboxylic acid groups (broad SMARTS) is 1. The van der Waals surface area contributed by atoms with Crippen LogP contribution in [-0.2, 0) is 11.3 Å². The maximum absolute atomic E-state index is 11.5. The highest BCUT2D eigenvalue weighted by Crippen LogP contribution is 2.18. The van der Waals surface area contributed by atoms with Crippen molar-refractivity contribution in [3.8, 4) is 5.75 Å². The van der Waals surface area contributed by atoms with Crippen LogP contribution in [0.15, 0.2) is 77.9 Å². The number of rotatable bonds is 8. The molecule has 0 atom stereocenters. The normalized spacial score (nSPS) is 10.6. The zero-order valence-electron chi connectivity index (χ0n) is 16.2. The molecule has 0 aliphatic heterocycles. The molecule has 0 unspecified atom stereocenters. The van der Waals surface area contributed by atoms with Crippen molar-refractivity contribution in [2.24, 2.45) is 5.10 Å². The molecule has 0 aliphatic rings. The molecule has 0 aliphatic carbocycles. The number of para-hydroxylation sites is 1. The van der Waals surface area contributed by atoms with Crippen LogP contribution in [-0.4, -0.2) is 25.3 Å². The van der Waals surface area contributed by atoms with Gasteiger partial charge in [-0.25, -0.2) is 4.79 Å². The Labute approximate surface area is 173 Å². The first-order valence-corrected chi connectivity index (χ1v) is 9.06. The van der Waals surface area contributed by atoms with Gasteiger partial charge in [-0.2, -0.15) is 5.10 Å². The number of carbonyl (C=O) groups excluding carboxylic acids is 2. The van der Waals surface area contributed by atoms with Gasteiger partial charge in [0.15, 0.2) is 0 Å². The highest BCUT2D eigenvalue weighted by Gasteiger charge is 2.06. The number of aromatic carboxylic acids is 1. The van der Waals surface area contributed by atoms with Crippen LogP contribution < -0.4 is 15.3 Å². The predicted molar refractivity (Wildman–Crippen MR) is 111 cm³/mol. The summed E-state index contributed by atoms with van der Waals surface area (Å²) in [5.41, 5.74) is 5.73. The Morgan fingerprint density at radius 3 is 2.30 bits per heavy atom. The molecular weight excluding hydrogens is 384 g/mol. The van der Waals surface area contributed by atoms with Gasteiger partial charge < -0.3 is 19.4 Å². The van der Waals surface area contributed by atoms with Gasteiger partial charge in [0.25, 0.3) is 0 Å². The standard InChI is InChI=1S/C23H20N2O5/c1-29-23(28)18-8-6-16(7-9-18)15-30-21-5-3-2-4-19(21)14-24-25-20-12-10-17(11-13-20)22(26)27/h2-14,25H,15H2,1H3,(H,26,27)/p-1/b24-14-. The smallest absolute Gasteiger partial charge is 0.337 e. The van der Waals surface area contributed by atoms with Crippen LogP contribution in [0.2, 0.25) is 0 Å². The summed E-state index contributed by atoms with van der Waals surface area (Å²) in [5.74, 6) is -0.964. The number of ether oxygens (including phenoxy) is 2. The van der Waals surface area contributed by atoms with Crippen LogP contribution in [0.4, 0.5) is 5.69 Å². The number of benzene rings is 3. The van der Waals surface area contributed by atoms with Gasteiger partial charge in [-0.3, -0.25) is 5.43 Å². The molecule has 1 N–H and O–H groups in total. The number of nitrogens with zero attached hydrogens (tertiary/aromatic N) is 1. The van der Waals surface area contributed by atoms with Crippen LogP contribution >= 0.6 is 0 Å². The molecule has 0 amide bonds. The minimum absolute atomic E-state index is 0.0999. The molecule has 7 heteroatoms. The van der Waals surface area contributed by atoms with E-state index in [1.165, 1.54) is 19.2 Å². The van der Waals surface area contributed by atoms with Gasteiger partial charge in [0.2, 0.25) is 0 Å². The first kappa shape index (κ1) is 20.6. The van der Waals surface area contributed by atoms with E-state index in [-0.39, 0.29) is 11.5 Å². The molecule has 3 aromatic rings. The van der Waals surface area contributed by atoms with Crippen molar-refractivity contribution in [2.45, 2.75) is 6.61 Å². The van der Waals surface area contributed by atoms with Crippen molar-refractivity contribution in [1.82, 2.24) is 0 Å². The summed E-state index contributed by atoms with van der Waals surface area (Å²) >= 11 is 0. The Kier molecular flexibility index (Phi) is 6.78. The zero-order valence-corrected chi connectivity index (χ0v) is 16.2. The molecule has 0 spiro atoms. The van der Waals surface area contributed by atoms with Gasteiger partial charge in [-0.05, 0) is 47.5 Å². The molecule has 0 saturated carbocycles. The second-order valence-corrected chi connectivity index (χ2v) is 6.25. The lowest BCUT2D eigenvalue weighted by Crippen LogP contribution is -2.21. The number of esters is 1.